The molecule has 1 aromatic heterocycles. The fourth-order valence-electron chi connectivity index (χ4n) is 8.73. The van der Waals surface area contributed by atoms with Gasteiger partial charge in [0.15, 0.2) is 0 Å². The van der Waals surface area contributed by atoms with Crippen molar-refractivity contribution in [3.63, 3.8) is 0 Å². The SMILES string of the molecule is c1ccc(-c2ccc(-c3ccccc3N(c3ccc(-c4cccc(-c5ccccc5)c4)cc3)c3cccc(-c4cccc5oc6c7ccccc7ccc6c45)c3)cc2)cc1. The van der Waals surface area contributed by atoms with Crippen molar-refractivity contribution in [2.45, 2.75) is 0 Å². The van der Waals surface area contributed by atoms with Crippen LogP contribution in [0, 0.1) is 0 Å². The Morgan fingerprint density at radius 1 is 0.300 bits per heavy atom. The van der Waals surface area contributed by atoms with E-state index in [2.05, 4.69) is 241 Å². The molecule has 2 heteroatoms. The van der Waals surface area contributed by atoms with Crippen molar-refractivity contribution in [1.82, 2.24) is 0 Å². The molecule has 0 amide bonds. The van der Waals surface area contributed by atoms with E-state index >= 15 is 0 Å². The second-order valence-corrected chi connectivity index (χ2v) is 15.3. The minimum atomic E-state index is 0.886. The summed E-state index contributed by atoms with van der Waals surface area (Å²) in [6, 6.07) is 84.8. The number of anilines is 3. The van der Waals surface area contributed by atoms with Crippen molar-refractivity contribution >= 4 is 49.8 Å². The maximum Gasteiger partial charge on any atom is 0.143 e. The summed E-state index contributed by atoms with van der Waals surface area (Å²) in [5.74, 6) is 0. The van der Waals surface area contributed by atoms with Crippen LogP contribution in [-0.4, -0.2) is 0 Å². The zero-order valence-electron chi connectivity index (χ0n) is 32.9. The molecule has 0 spiro atoms. The highest BCUT2D eigenvalue weighted by Gasteiger charge is 2.20. The van der Waals surface area contributed by atoms with Crippen molar-refractivity contribution in [2.75, 3.05) is 4.90 Å². The lowest BCUT2D eigenvalue weighted by Crippen LogP contribution is -2.11. The summed E-state index contributed by atoms with van der Waals surface area (Å²) in [5, 5.41) is 4.55. The molecule has 2 nitrogen and oxygen atoms in total. The molecule has 0 aliphatic carbocycles. The fraction of sp³-hybridized carbons (Fsp3) is 0. The standard InChI is InChI=1S/C58H39NO/c1-3-14-40(15-4-1)42-28-30-45(31-29-42)51-23-9-10-26-55(51)59(49-35-32-43(33-36-49)47-20-11-19-46(38-47)41-16-5-2-6-17-41)50-22-12-21-48(39-50)52-25-13-27-56-57(52)54-37-34-44-18-7-8-24-53(44)58(54)60-56/h1-39H. The van der Waals surface area contributed by atoms with E-state index in [0.29, 0.717) is 0 Å². The van der Waals surface area contributed by atoms with Crippen LogP contribution in [0.15, 0.2) is 241 Å². The maximum atomic E-state index is 6.62. The van der Waals surface area contributed by atoms with E-state index in [-0.39, 0.29) is 0 Å². The number of nitrogens with zero attached hydrogens (tertiary/aromatic N) is 1. The first-order chi connectivity index (χ1) is 29.7. The van der Waals surface area contributed by atoms with Gasteiger partial charge in [-0.2, -0.15) is 0 Å². The summed E-state index contributed by atoms with van der Waals surface area (Å²) in [4.78, 5) is 2.40. The number of hydrogen-bond donors (Lipinski definition) is 0. The van der Waals surface area contributed by atoms with Gasteiger partial charge in [0.2, 0.25) is 0 Å². The average Bonchev–Trinajstić information content (AvgIpc) is 3.73. The Morgan fingerprint density at radius 3 is 1.63 bits per heavy atom. The smallest absolute Gasteiger partial charge is 0.143 e. The van der Waals surface area contributed by atoms with Crippen LogP contribution in [0.25, 0.3) is 88.3 Å². The lowest BCUT2D eigenvalue weighted by Gasteiger charge is -2.28. The van der Waals surface area contributed by atoms with E-state index in [1.165, 1.54) is 38.8 Å². The van der Waals surface area contributed by atoms with Gasteiger partial charge in [0.05, 0.1) is 5.69 Å². The summed E-state index contributed by atoms with van der Waals surface area (Å²) in [7, 11) is 0. The molecule has 0 radical (unpaired) electrons. The summed E-state index contributed by atoms with van der Waals surface area (Å²) in [6.45, 7) is 0. The number of furan rings is 1. The Hall–Kier alpha value is -7.94. The molecule has 0 fully saturated rings. The molecule has 11 aromatic rings. The molecule has 0 N–H and O–H groups in total. The third-order valence-corrected chi connectivity index (χ3v) is 11.7. The predicted molar refractivity (Wildman–Crippen MR) is 253 cm³/mol. The Labute approximate surface area is 349 Å². The molecule has 0 aliphatic rings. The van der Waals surface area contributed by atoms with Crippen molar-refractivity contribution in [3.05, 3.63) is 237 Å². The Morgan fingerprint density at radius 2 is 0.850 bits per heavy atom. The van der Waals surface area contributed by atoms with Crippen LogP contribution in [0.2, 0.25) is 0 Å². The molecule has 10 aromatic carbocycles. The van der Waals surface area contributed by atoms with E-state index in [4.69, 9.17) is 4.42 Å². The van der Waals surface area contributed by atoms with E-state index in [1.54, 1.807) is 0 Å². The molecule has 0 saturated heterocycles. The summed E-state index contributed by atoms with van der Waals surface area (Å²) in [6.07, 6.45) is 0. The number of hydrogen-bond acceptors (Lipinski definition) is 2. The zero-order chi connectivity index (χ0) is 39.8. The van der Waals surface area contributed by atoms with Crippen LogP contribution < -0.4 is 4.90 Å². The van der Waals surface area contributed by atoms with Gasteiger partial charge in [-0.15, -0.1) is 0 Å². The molecule has 282 valence electrons. The quantitative estimate of drug-likeness (QED) is 0.153. The molecule has 11 rings (SSSR count). The summed E-state index contributed by atoms with van der Waals surface area (Å²) >= 11 is 0. The van der Waals surface area contributed by atoms with Crippen molar-refractivity contribution in [3.8, 4) is 55.6 Å². The van der Waals surface area contributed by atoms with Crippen LogP contribution >= 0.6 is 0 Å². The molecule has 0 saturated carbocycles. The van der Waals surface area contributed by atoms with Gasteiger partial charge in [0.1, 0.15) is 11.2 Å². The lowest BCUT2D eigenvalue weighted by atomic mass is 9.96. The molecule has 0 bridgehead atoms. The van der Waals surface area contributed by atoms with Gasteiger partial charge in [-0.25, -0.2) is 0 Å². The minimum absolute atomic E-state index is 0.886. The molecule has 0 atom stereocenters. The van der Waals surface area contributed by atoms with Crippen LogP contribution in [0.4, 0.5) is 17.1 Å². The van der Waals surface area contributed by atoms with Crippen molar-refractivity contribution < 1.29 is 4.42 Å². The Bertz CT molecular complexity index is 3290. The van der Waals surface area contributed by atoms with Gasteiger partial charge < -0.3 is 9.32 Å². The third kappa shape index (κ3) is 6.41. The monoisotopic (exact) mass is 765 g/mol. The Kier molecular flexibility index (Phi) is 8.87. The molecule has 0 aliphatic heterocycles. The fourth-order valence-corrected chi connectivity index (χ4v) is 8.73. The van der Waals surface area contributed by atoms with Gasteiger partial charge in [-0.3, -0.25) is 0 Å². The predicted octanol–water partition coefficient (Wildman–Crippen LogP) is 16.5. The molecule has 1 heterocycles. The topological polar surface area (TPSA) is 16.4 Å². The summed E-state index contributed by atoms with van der Waals surface area (Å²) < 4.78 is 6.62. The first-order valence-electron chi connectivity index (χ1n) is 20.5. The van der Waals surface area contributed by atoms with E-state index in [9.17, 15) is 0 Å². The lowest BCUT2D eigenvalue weighted by molar-refractivity contribution is 0.673. The second-order valence-electron chi connectivity index (χ2n) is 15.3. The molecule has 60 heavy (non-hydrogen) atoms. The first-order valence-corrected chi connectivity index (χ1v) is 20.5. The highest BCUT2D eigenvalue weighted by Crippen LogP contribution is 2.45. The third-order valence-electron chi connectivity index (χ3n) is 11.7. The zero-order valence-corrected chi connectivity index (χ0v) is 32.9. The Balaban J connectivity index is 1.05. The van der Waals surface area contributed by atoms with Gasteiger partial charge in [0.25, 0.3) is 0 Å². The van der Waals surface area contributed by atoms with E-state index in [1.807, 2.05) is 0 Å². The van der Waals surface area contributed by atoms with Crippen LogP contribution in [0.5, 0.6) is 0 Å². The average molecular weight is 766 g/mol. The van der Waals surface area contributed by atoms with Crippen LogP contribution in [-0.2, 0) is 0 Å². The molecular weight excluding hydrogens is 727 g/mol. The van der Waals surface area contributed by atoms with Gasteiger partial charge in [-0.05, 0) is 104 Å². The van der Waals surface area contributed by atoms with Crippen LogP contribution in [0.3, 0.4) is 0 Å². The molecule has 0 unspecified atom stereocenters. The number of fused-ring (bicyclic) bond motifs is 5. The van der Waals surface area contributed by atoms with Crippen molar-refractivity contribution in [2.24, 2.45) is 0 Å². The minimum Gasteiger partial charge on any atom is -0.455 e. The highest BCUT2D eigenvalue weighted by atomic mass is 16.3. The van der Waals surface area contributed by atoms with Gasteiger partial charge in [0, 0.05) is 33.1 Å². The number of para-hydroxylation sites is 1. The molecular formula is C58H39NO. The highest BCUT2D eigenvalue weighted by molar-refractivity contribution is 6.19. The largest absolute Gasteiger partial charge is 0.455 e. The second kappa shape index (κ2) is 15.1. The van der Waals surface area contributed by atoms with Crippen LogP contribution in [0.1, 0.15) is 0 Å². The normalized spacial score (nSPS) is 11.3. The first kappa shape index (κ1) is 35.2. The van der Waals surface area contributed by atoms with E-state index < -0.39 is 0 Å². The van der Waals surface area contributed by atoms with E-state index in [0.717, 1.165) is 66.6 Å². The maximum absolute atomic E-state index is 6.62. The van der Waals surface area contributed by atoms with Gasteiger partial charge in [-0.1, -0.05) is 188 Å². The number of rotatable bonds is 8. The number of benzene rings is 10. The van der Waals surface area contributed by atoms with Crippen molar-refractivity contribution in [1.29, 1.82) is 0 Å². The summed E-state index contributed by atoms with van der Waals surface area (Å²) in [5.41, 5.74) is 16.8. The van der Waals surface area contributed by atoms with Gasteiger partial charge >= 0.3 is 0 Å².